The van der Waals surface area contributed by atoms with Crippen molar-refractivity contribution in [2.75, 3.05) is 32.7 Å². The van der Waals surface area contributed by atoms with Gasteiger partial charge in [-0.1, -0.05) is 42.5 Å². The number of hydrogen-bond donors (Lipinski definition) is 16. The second-order valence-electron chi connectivity index (χ2n) is 25.2. The zero-order valence-electron chi connectivity index (χ0n) is 55.2. The molecule has 0 bridgehead atoms. The van der Waals surface area contributed by atoms with Crippen LogP contribution in [0.3, 0.4) is 0 Å². The first kappa shape index (κ1) is 75.2. The van der Waals surface area contributed by atoms with Gasteiger partial charge in [-0.2, -0.15) is 0 Å². The number of carbonyl (C=O) groups excluding carboxylic acids is 12. The van der Waals surface area contributed by atoms with E-state index in [4.69, 9.17) is 34.4 Å². The Hall–Kier alpha value is -10.2. The minimum absolute atomic E-state index is 0.0300. The Morgan fingerprint density at radius 1 is 0.704 bits per heavy atom. The molecule has 33 heteroatoms. The molecule has 1 aliphatic carbocycles. The van der Waals surface area contributed by atoms with Crippen molar-refractivity contribution in [3.8, 4) is 0 Å². The van der Waals surface area contributed by atoms with Gasteiger partial charge >= 0.3 is 0 Å². The monoisotopic (exact) mass is 1360 g/mol. The molecular formula is C65H93FN20O12. The molecule has 0 radical (unpaired) electrons. The smallest absolute Gasteiger partial charge is 0.246 e. The number of primary amides is 1. The molecule has 12 amide bonds. The van der Waals surface area contributed by atoms with E-state index in [9.17, 15) is 42.7 Å². The summed E-state index contributed by atoms with van der Waals surface area (Å²) in [5, 5.41) is 25.2. The molecular weight excluding hydrogens is 1270 g/mol. The highest BCUT2D eigenvalue weighted by atomic mass is 19.1. The lowest BCUT2D eigenvalue weighted by Crippen LogP contribution is -2.67. The number of amides is 12. The standard InChI is InChI=1S/C65H93FN20O12/c1-36(76-37(2)87)53(89)78-46(22-10-29-74-64(71)72)55(91)81-48(34-39-35-75-42-17-4-3-16-41(39)42)57(93)79-44-18-5-6-19-47(60(96)85-30-11-23-50(85)58(94)80-45(20-8-27-67)54(90)77-43(52(68)88)21-9-28-73-63(69)70)83-62(98)65(25-13-26-65)84-59(95)51-24-12-31-86(51)61(97)49(82-56(44)92)33-38-14-7-15-40(66)32-38/h3-7,14-17,32,35-36,43-51,75H,8-13,18-31,33-34,67H2,1-2H3,(H2,68,88)(H,76,87)(H,77,90)(H,78,89)(H,79,93)(H,80,94)(H,81,91)(H,82,92)(H,83,98)(H,84,95)(H4,69,70,73)(H4,71,72,74)/b6-5-/t36-,43-,44-,45-,46-,47-,48-,49-,50-,51-/m0/s1. The van der Waals surface area contributed by atoms with Crippen molar-refractivity contribution in [3.63, 3.8) is 0 Å². The van der Waals surface area contributed by atoms with Crippen molar-refractivity contribution in [3.05, 3.63) is 83.8 Å². The van der Waals surface area contributed by atoms with Crippen LogP contribution in [0.1, 0.15) is 121 Å². The molecule has 1 spiro atoms. The highest BCUT2D eigenvalue weighted by molar-refractivity contribution is 6.01. The summed E-state index contributed by atoms with van der Waals surface area (Å²) in [6.45, 7) is 3.02. The number of nitrogens with zero attached hydrogens (tertiary/aromatic N) is 4. The molecule has 4 aliphatic rings. The molecule has 1 saturated carbocycles. The molecule has 10 atom stereocenters. The first-order valence-electron chi connectivity index (χ1n) is 33.2. The Bertz CT molecular complexity index is 3500. The third-order valence-electron chi connectivity index (χ3n) is 17.8. The molecule has 7 rings (SSSR count). The lowest BCUT2D eigenvalue weighted by atomic mass is 9.75. The van der Waals surface area contributed by atoms with E-state index in [1.54, 1.807) is 36.5 Å². The fourth-order valence-corrected chi connectivity index (χ4v) is 12.5. The van der Waals surface area contributed by atoms with Crippen molar-refractivity contribution in [1.29, 1.82) is 0 Å². The van der Waals surface area contributed by atoms with Gasteiger partial charge in [0.25, 0.3) is 0 Å². The van der Waals surface area contributed by atoms with E-state index < -0.39 is 143 Å². The van der Waals surface area contributed by atoms with Crippen molar-refractivity contribution in [2.24, 2.45) is 44.4 Å². The third-order valence-corrected chi connectivity index (χ3v) is 17.8. The number of likely N-dealkylation sites (tertiary alicyclic amines) is 1. The van der Waals surface area contributed by atoms with Gasteiger partial charge in [0, 0.05) is 63.0 Å². The zero-order valence-corrected chi connectivity index (χ0v) is 55.2. The second-order valence-corrected chi connectivity index (χ2v) is 25.2. The van der Waals surface area contributed by atoms with Gasteiger partial charge in [-0.05, 0) is 139 Å². The van der Waals surface area contributed by atoms with Gasteiger partial charge in [0.1, 0.15) is 71.8 Å². The third kappa shape index (κ3) is 20.9. The molecule has 2 saturated heterocycles. The van der Waals surface area contributed by atoms with Crippen LogP contribution in [-0.4, -0.2) is 196 Å². The number of hydrogen-bond acceptors (Lipinski definition) is 15. The summed E-state index contributed by atoms with van der Waals surface area (Å²) >= 11 is 0. The number of fused-ring (bicyclic) bond motifs is 2. The summed E-state index contributed by atoms with van der Waals surface area (Å²) in [6.07, 6.45) is 5.89. The first-order chi connectivity index (χ1) is 46.8. The largest absolute Gasteiger partial charge is 0.370 e. The summed E-state index contributed by atoms with van der Waals surface area (Å²) < 4.78 is 14.9. The lowest BCUT2D eigenvalue weighted by Gasteiger charge is -2.43. The number of carbonyl (C=O) groups is 12. The number of guanidine groups is 2. The number of aromatic amines is 1. The summed E-state index contributed by atoms with van der Waals surface area (Å²) in [5.74, 6) is -10.2. The van der Waals surface area contributed by atoms with Crippen molar-refractivity contribution < 1.29 is 61.9 Å². The van der Waals surface area contributed by atoms with E-state index in [1.807, 2.05) is 0 Å². The van der Waals surface area contributed by atoms with Crippen LogP contribution in [0.4, 0.5) is 4.39 Å². The Kier molecular flexibility index (Phi) is 27.4. The maximum absolute atomic E-state index is 15.3. The quantitative estimate of drug-likeness (QED) is 0.0147. The van der Waals surface area contributed by atoms with Crippen LogP contribution in [0.15, 0.2) is 76.9 Å². The molecule has 3 aliphatic heterocycles. The van der Waals surface area contributed by atoms with Crippen molar-refractivity contribution in [2.45, 2.75) is 189 Å². The van der Waals surface area contributed by atoms with E-state index in [2.05, 4.69) is 62.8 Å². The molecule has 0 unspecified atom stereocenters. The van der Waals surface area contributed by atoms with Crippen LogP contribution in [0.25, 0.3) is 10.9 Å². The molecule has 3 aromatic rings. The normalized spacial score (nSPS) is 21.3. The van der Waals surface area contributed by atoms with E-state index in [0.29, 0.717) is 41.3 Å². The van der Waals surface area contributed by atoms with E-state index in [1.165, 1.54) is 54.0 Å². The van der Waals surface area contributed by atoms with Gasteiger partial charge in [-0.3, -0.25) is 67.5 Å². The van der Waals surface area contributed by atoms with Gasteiger partial charge < -0.3 is 97.0 Å². The fraction of sp³-hybridized carbons (Fsp3) is 0.538. The van der Waals surface area contributed by atoms with Crippen LogP contribution >= 0.6 is 0 Å². The van der Waals surface area contributed by atoms with Crippen LogP contribution < -0.4 is 82.3 Å². The van der Waals surface area contributed by atoms with Gasteiger partial charge in [-0.15, -0.1) is 0 Å². The van der Waals surface area contributed by atoms with E-state index >= 15 is 19.2 Å². The number of aromatic nitrogens is 1. The summed E-state index contributed by atoms with van der Waals surface area (Å²) in [4.78, 5) is 185. The summed E-state index contributed by atoms with van der Waals surface area (Å²) in [6, 6.07) is -0.743. The minimum Gasteiger partial charge on any atom is -0.370 e. The number of H-pyrrole nitrogens is 1. The molecule has 98 heavy (non-hydrogen) atoms. The number of nitrogens with one attached hydrogen (secondary N) is 10. The predicted octanol–water partition coefficient (Wildman–Crippen LogP) is -3.29. The van der Waals surface area contributed by atoms with Gasteiger partial charge in [0.05, 0.1) is 0 Å². The van der Waals surface area contributed by atoms with Gasteiger partial charge in [-0.25, -0.2) is 4.39 Å². The molecule has 532 valence electrons. The van der Waals surface area contributed by atoms with Gasteiger partial charge in [0.2, 0.25) is 70.9 Å². The van der Waals surface area contributed by atoms with Crippen LogP contribution in [0.2, 0.25) is 0 Å². The maximum atomic E-state index is 15.3. The van der Waals surface area contributed by atoms with Crippen LogP contribution in [0.5, 0.6) is 0 Å². The predicted molar refractivity (Wildman–Crippen MR) is 359 cm³/mol. The average Bonchev–Trinajstić information content (AvgIpc) is 0.901. The second kappa shape index (κ2) is 35.7. The average molecular weight is 1370 g/mol. The molecule has 4 heterocycles. The van der Waals surface area contributed by atoms with E-state index in [0.717, 1.165) is 0 Å². The van der Waals surface area contributed by atoms with Crippen molar-refractivity contribution >= 4 is 93.7 Å². The minimum atomic E-state index is -1.62. The highest BCUT2D eigenvalue weighted by Gasteiger charge is 2.50. The highest BCUT2D eigenvalue weighted by Crippen LogP contribution is 2.34. The number of para-hydroxylation sites is 1. The Morgan fingerprint density at radius 2 is 1.35 bits per heavy atom. The molecule has 32 nitrogen and oxygen atoms in total. The van der Waals surface area contributed by atoms with Crippen LogP contribution in [0, 0.1) is 5.82 Å². The number of benzene rings is 2. The Balaban J connectivity index is 1.24. The number of nitrogens with two attached hydrogens (primary N) is 6. The number of rotatable bonds is 28. The molecule has 22 N–H and O–H groups in total. The Labute approximate surface area is 566 Å². The van der Waals surface area contributed by atoms with Crippen LogP contribution in [-0.2, 0) is 70.4 Å². The van der Waals surface area contributed by atoms with E-state index in [-0.39, 0.29) is 135 Å². The Morgan fingerprint density at radius 3 is 2.00 bits per heavy atom. The fourth-order valence-electron chi connectivity index (χ4n) is 12.5. The SMILES string of the molecule is CC(=O)N[C@@H](C)C(=O)N[C@@H](CCCN=C(N)N)C(=O)N[C@@H](Cc1c[nH]c2ccccc12)C(=O)N[C@H]1C/C=C\C[C@@H](C(=O)N2CCC[C@H]2C(=O)N[C@@H](CCCN)C(=O)N[C@@H](CCCN=C(N)N)C(N)=O)NC(=O)C2(CCC2)NC(=O)[C@@H]2CCCN2C(=O)[C@H](Cc2cccc(F)c2)NC1=O. The summed E-state index contributed by atoms with van der Waals surface area (Å²) in [7, 11) is 0. The molecule has 3 fully saturated rings. The van der Waals surface area contributed by atoms with Gasteiger partial charge in [0.15, 0.2) is 11.9 Å². The van der Waals surface area contributed by atoms with Crippen molar-refractivity contribution in [1.82, 2.24) is 62.6 Å². The molecule has 2 aromatic carbocycles. The molecule has 1 aromatic heterocycles. The number of aliphatic imine (C=N–C) groups is 2. The maximum Gasteiger partial charge on any atom is 0.246 e. The number of halogens is 1. The zero-order chi connectivity index (χ0) is 71.2. The first-order valence-corrected chi connectivity index (χ1v) is 33.2. The lowest BCUT2D eigenvalue weighted by molar-refractivity contribution is -0.146. The summed E-state index contributed by atoms with van der Waals surface area (Å²) in [5.41, 5.74) is 33.5. The topological polar surface area (TPSA) is 516 Å².